The van der Waals surface area contributed by atoms with E-state index < -0.39 is 10.0 Å². The number of carbonyl (C=O) groups is 1. The van der Waals surface area contributed by atoms with Crippen LogP contribution in [0.15, 0.2) is 23.1 Å². The molecule has 0 radical (unpaired) electrons. The fourth-order valence-corrected chi connectivity index (χ4v) is 2.87. The number of aryl methyl sites for hydroxylation is 2. The van der Waals surface area contributed by atoms with Gasteiger partial charge in [-0.15, -0.1) is 0 Å². The van der Waals surface area contributed by atoms with Crippen LogP contribution in [0.25, 0.3) is 0 Å². The minimum absolute atomic E-state index is 0.188. The molecule has 1 aromatic carbocycles. The minimum atomic E-state index is -3.64. The fraction of sp³-hybridized carbons (Fsp3) is 0.500. The van der Waals surface area contributed by atoms with Crippen molar-refractivity contribution >= 4 is 15.9 Å². The van der Waals surface area contributed by atoms with Gasteiger partial charge in [-0.3, -0.25) is 4.79 Å². The average molecular weight is 298 g/mol. The highest BCUT2D eigenvalue weighted by Gasteiger charge is 2.17. The molecule has 0 aliphatic heterocycles. The summed E-state index contributed by atoms with van der Waals surface area (Å²) in [6, 6.07) is 4.92. The van der Waals surface area contributed by atoms with E-state index >= 15 is 0 Å². The minimum Gasteiger partial charge on any atom is -0.342 e. The Labute approximate surface area is 121 Å². The van der Waals surface area contributed by atoms with Crippen molar-refractivity contribution < 1.29 is 13.2 Å². The van der Waals surface area contributed by atoms with Gasteiger partial charge < -0.3 is 4.90 Å². The molecule has 0 aliphatic carbocycles. The van der Waals surface area contributed by atoms with Gasteiger partial charge in [-0.2, -0.15) is 0 Å². The maximum absolute atomic E-state index is 12.1. The van der Waals surface area contributed by atoms with E-state index in [9.17, 15) is 13.2 Å². The maximum atomic E-state index is 12.1. The van der Waals surface area contributed by atoms with Crippen LogP contribution in [0.2, 0.25) is 0 Å². The largest absolute Gasteiger partial charge is 0.342 e. The summed E-state index contributed by atoms with van der Waals surface area (Å²) in [5, 5.41) is 0. The molecule has 1 amide bonds. The van der Waals surface area contributed by atoms with Crippen molar-refractivity contribution in [1.29, 1.82) is 0 Å². The van der Waals surface area contributed by atoms with Gasteiger partial charge in [-0.25, -0.2) is 13.1 Å². The van der Waals surface area contributed by atoms with E-state index in [1.807, 2.05) is 27.7 Å². The van der Waals surface area contributed by atoms with Gasteiger partial charge in [0, 0.05) is 13.1 Å². The molecule has 1 aromatic rings. The quantitative estimate of drug-likeness (QED) is 0.864. The van der Waals surface area contributed by atoms with Gasteiger partial charge in [0.05, 0.1) is 11.4 Å². The first kappa shape index (κ1) is 16.7. The summed E-state index contributed by atoms with van der Waals surface area (Å²) in [5.41, 5.74) is 1.94. The lowest BCUT2D eigenvalue weighted by Crippen LogP contribution is -2.39. The molecular formula is C14H22N2O3S. The van der Waals surface area contributed by atoms with E-state index in [2.05, 4.69) is 4.72 Å². The number of amides is 1. The van der Waals surface area contributed by atoms with Gasteiger partial charge >= 0.3 is 0 Å². The third-order valence-electron chi connectivity index (χ3n) is 3.32. The Morgan fingerprint density at radius 1 is 1.15 bits per heavy atom. The molecule has 0 heterocycles. The predicted octanol–water partition coefficient (Wildman–Crippen LogP) is 1.45. The zero-order chi connectivity index (χ0) is 15.3. The Morgan fingerprint density at radius 3 is 2.25 bits per heavy atom. The van der Waals surface area contributed by atoms with Gasteiger partial charge in [0.15, 0.2) is 0 Å². The summed E-state index contributed by atoms with van der Waals surface area (Å²) in [6.45, 7) is 8.43. The van der Waals surface area contributed by atoms with E-state index in [1.165, 1.54) is 0 Å². The van der Waals surface area contributed by atoms with Gasteiger partial charge in [0.1, 0.15) is 0 Å². The van der Waals surface area contributed by atoms with Crippen molar-refractivity contribution in [2.75, 3.05) is 19.6 Å². The maximum Gasteiger partial charge on any atom is 0.241 e. The van der Waals surface area contributed by atoms with Crippen LogP contribution in [0.5, 0.6) is 0 Å². The van der Waals surface area contributed by atoms with Crippen molar-refractivity contribution in [3.8, 4) is 0 Å². The van der Waals surface area contributed by atoms with Crippen molar-refractivity contribution in [3.05, 3.63) is 29.3 Å². The summed E-state index contributed by atoms with van der Waals surface area (Å²) in [4.78, 5) is 13.6. The molecule has 0 bridgehead atoms. The standard InChI is InChI=1S/C14H22N2O3S/c1-5-16(6-2)14(17)10-15-20(18,19)13-8-7-11(3)12(4)9-13/h7-9,15H,5-6,10H2,1-4H3. The van der Waals surface area contributed by atoms with E-state index in [-0.39, 0.29) is 17.3 Å². The van der Waals surface area contributed by atoms with Crippen molar-refractivity contribution in [2.24, 2.45) is 0 Å². The summed E-state index contributed by atoms with van der Waals surface area (Å²) in [7, 11) is -3.64. The Bertz CT molecular complexity index is 578. The summed E-state index contributed by atoms with van der Waals surface area (Å²) in [6.07, 6.45) is 0. The summed E-state index contributed by atoms with van der Waals surface area (Å²) < 4.78 is 26.6. The first-order valence-corrected chi connectivity index (χ1v) is 8.14. The molecule has 0 aromatic heterocycles. The number of benzene rings is 1. The second-order valence-electron chi connectivity index (χ2n) is 4.64. The highest BCUT2D eigenvalue weighted by Crippen LogP contribution is 2.14. The van der Waals surface area contributed by atoms with Gasteiger partial charge in [0.25, 0.3) is 0 Å². The number of rotatable bonds is 6. The molecule has 0 spiro atoms. The number of hydrogen-bond acceptors (Lipinski definition) is 3. The molecular weight excluding hydrogens is 276 g/mol. The molecule has 20 heavy (non-hydrogen) atoms. The second kappa shape index (κ2) is 6.85. The van der Waals surface area contributed by atoms with Crippen molar-refractivity contribution in [3.63, 3.8) is 0 Å². The summed E-state index contributed by atoms with van der Waals surface area (Å²) >= 11 is 0. The first-order chi connectivity index (χ1) is 9.31. The molecule has 1 N–H and O–H groups in total. The SMILES string of the molecule is CCN(CC)C(=O)CNS(=O)(=O)c1ccc(C)c(C)c1. The van der Waals surface area contributed by atoms with E-state index in [0.717, 1.165) is 11.1 Å². The Balaban J connectivity index is 2.80. The average Bonchev–Trinajstić information content (AvgIpc) is 2.41. The van der Waals surface area contributed by atoms with Crippen LogP contribution in [0.4, 0.5) is 0 Å². The van der Waals surface area contributed by atoms with Gasteiger partial charge in [0.2, 0.25) is 15.9 Å². The number of sulfonamides is 1. The van der Waals surface area contributed by atoms with Gasteiger partial charge in [-0.1, -0.05) is 6.07 Å². The molecule has 1 rings (SSSR count). The smallest absolute Gasteiger partial charge is 0.241 e. The number of hydrogen-bond donors (Lipinski definition) is 1. The van der Waals surface area contributed by atoms with Crippen LogP contribution < -0.4 is 4.72 Å². The zero-order valence-electron chi connectivity index (χ0n) is 12.4. The first-order valence-electron chi connectivity index (χ1n) is 6.66. The third-order valence-corrected chi connectivity index (χ3v) is 4.72. The summed E-state index contributed by atoms with van der Waals surface area (Å²) in [5.74, 6) is -0.220. The van der Waals surface area contributed by atoms with Gasteiger partial charge in [-0.05, 0) is 51.0 Å². The van der Waals surface area contributed by atoms with Crippen LogP contribution in [0.1, 0.15) is 25.0 Å². The highest BCUT2D eigenvalue weighted by atomic mass is 32.2. The number of nitrogens with zero attached hydrogens (tertiary/aromatic N) is 1. The zero-order valence-corrected chi connectivity index (χ0v) is 13.3. The molecule has 5 nitrogen and oxygen atoms in total. The highest BCUT2D eigenvalue weighted by molar-refractivity contribution is 7.89. The molecule has 0 fully saturated rings. The van der Waals surface area contributed by atoms with Crippen molar-refractivity contribution in [2.45, 2.75) is 32.6 Å². The molecule has 0 saturated carbocycles. The van der Waals surface area contributed by atoms with E-state index in [1.54, 1.807) is 23.1 Å². The lowest BCUT2D eigenvalue weighted by molar-refractivity contribution is -0.129. The fourth-order valence-electron chi connectivity index (χ4n) is 1.81. The molecule has 0 aliphatic rings. The second-order valence-corrected chi connectivity index (χ2v) is 6.40. The van der Waals surface area contributed by atoms with E-state index in [0.29, 0.717) is 13.1 Å². The molecule has 0 atom stereocenters. The topological polar surface area (TPSA) is 66.5 Å². The third kappa shape index (κ3) is 4.05. The molecule has 112 valence electrons. The number of likely N-dealkylation sites (N-methyl/N-ethyl adjacent to an activating group) is 1. The Morgan fingerprint density at radius 2 is 1.75 bits per heavy atom. The molecule has 0 saturated heterocycles. The predicted molar refractivity (Wildman–Crippen MR) is 79.0 cm³/mol. The monoisotopic (exact) mass is 298 g/mol. The Kier molecular flexibility index (Phi) is 5.71. The lowest BCUT2D eigenvalue weighted by Gasteiger charge is -2.18. The number of nitrogens with one attached hydrogen (secondary N) is 1. The molecule has 6 heteroatoms. The number of carbonyl (C=O) groups excluding carboxylic acids is 1. The lowest BCUT2D eigenvalue weighted by atomic mass is 10.1. The van der Waals surface area contributed by atoms with Crippen LogP contribution in [0.3, 0.4) is 0 Å². The van der Waals surface area contributed by atoms with Crippen molar-refractivity contribution in [1.82, 2.24) is 9.62 Å². The normalized spacial score (nSPS) is 11.4. The van der Waals surface area contributed by atoms with Crippen LogP contribution in [-0.2, 0) is 14.8 Å². The Hall–Kier alpha value is -1.40. The van der Waals surface area contributed by atoms with Crippen LogP contribution in [0, 0.1) is 13.8 Å². The molecule has 0 unspecified atom stereocenters. The van der Waals surface area contributed by atoms with E-state index in [4.69, 9.17) is 0 Å². The van der Waals surface area contributed by atoms with Crippen LogP contribution >= 0.6 is 0 Å². The van der Waals surface area contributed by atoms with Crippen LogP contribution in [-0.4, -0.2) is 38.9 Å².